The van der Waals surface area contributed by atoms with E-state index in [-0.39, 0.29) is 17.2 Å². The largest absolute Gasteiger partial charge is 0.344 e. The van der Waals surface area contributed by atoms with Crippen molar-refractivity contribution in [3.8, 4) is 0 Å². The first-order valence-electron chi connectivity index (χ1n) is 11.8. The van der Waals surface area contributed by atoms with Crippen LogP contribution in [0.1, 0.15) is 67.2 Å². The number of nitrogens with one attached hydrogen (secondary N) is 1. The van der Waals surface area contributed by atoms with Gasteiger partial charge in [-0.2, -0.15) is 0 Å². The lowest BCUT2D eigenvalue weighted by molar-refractivity contribution is -0.323. The van der Waals surface area contributed by atoms with Crippen LogP contribution >= 0.6 is 0 Å². The maximum Gasteiger partial charge on any atom is 0.227 e. The molecule has 0 spiro atoms. The van der Waals surface area contributed by atoms with E-state index in [1.54, 1.807) is 0 Å². The highest BCUT2D eigenvalue weighted by Gasteiger charge is 2.63. The summed E-state index contributed by atoms with van der Waals surface area (Å²) >= 11 is 0. The fourth-order valence-corrected chi connectivity index (χ4v) is 5.03. The van der Waals surface area contributed by atoms with Crippen molar-refractivity contribution >= 4 is 5.91 Å². The zero-order chi connectivity index (χ0) is 22.6. The zero-order valence-corrected chi connectivity index (χ0v) is 20.6. The fourth-order valence-electron chi connectivity index (χ4n) is 5.03. The standard InChI is InChI=1S/C24H45N3O3/c1-9-12-15-24(29-17-22(5,6)18-30-24)23(25-26(7)8)16-19(4)13-14-20(23)21(28)27(10-2)11-3/h12,15,19-20,25H,9-11,13-14,16-18H2,1-8H3/b15-12-/t19-,20+,23+/m0/s1. The molecule has 1 amide bonds. The van der Waals surface area contributed by atoms with Crippen LogP contribution in [0.4, 0.5) is 0 Å². The van der Waals surface area contributed by atoms with E-state index in [4.69, 9.17) is 9.47 Å². The Morgan fingerprint density at radius 3 is 2.20 bits per heavy atom. The molecular formula is C24H45N3O3. The molecule has 1 saturated heterocycles. The van der Waals surface area contributed by atoms with Crippen molar-refractivity contribution < 1.29 is 14.3 Å². The van der Waals surface area contributed by atoms with E-state index in [0.717, 1.165) is 25.7 Å². The van der Waals surface area contributed by atoms with E-state index < -0.39 is 11.3 Å². The summed E-state index contributed by atoms with van der Waals surface area (Å²) in [6.07, 6.45) is 7.77. The van der Waals surface area contributed by atoms with Crippen molar-refractivity contribution in [3.63, 3.8) is 0 Å². The van der Waals surface area contributed by atoms with Gasteiger partial charge in [0.05, 0.1) is 19.1 Å². The number of carbonyl (C=O) groups excluding carboxylic acids is 1. The van der Waals surface area contributed by atoms with E-state index >= 15 is 0 Å². The zero-order valence-electron chi connectivity index (χ0n) is 20.6. The number of carbonyl (C=O) groups is 1. The maximum absolute atomic E-state index is 13.8. The molecule has 30 heavy (non-hydrogen) atoms. The van der Waals surface area contributed by atoms with Gasteiger partial charge in [-0.15, -0.1) is 0 Å². The van der Waals surface area contributed by atoms with Crippen molar-refractivity contribution in [2.24, 2.45) is 17.3 Å². The normalized spacial score (nSPS) is 31.2. The van der Waals surface area contributed by atoms with Crippen LogP contribution in [0.25, 0.3) is 0 Å². The first-order valence-corrected chi connectivity index (χ1v) is 11.8. The summed E-state index contributed by atoms with van der Waals surface area (Å²) in [5, 5.41) is 1.97. The predicted octanol–water partition coefficient (Wildman–Crippen LogP) is 3.83. The molecule has 2 fully saturated rings. The second-order valence-corrected chi connectivity index (χ2v) is 10.1. The predicted molar refractivity (Wildman–Crippen MR) is 122 cm³/mol. The van der Waals surface area contributed by atoms with E-state index in [9.17, 15) is 4.79 Å². The number of hydrogen-bond donors (Lipinski definition) is 1. The highest BCUT2D eigenvalue weighted by atomic mass is 16.7. The Hall–Kier alpha value is -0.950. The maximum atomic E-state index is 13.8. The van der Waals surface area contributed by atoms with Gasteiger partial charge in [-0.3, -0.25) is 4.79 Å². The van der Waals surface area contributed by atoms with E-state index in [2.05, 4.69) is 59.1 Å². The smallest absolute Gasteiger partial charge is 0.227 e. The van der Waals surface area contributed by atoms with Gasteiger partial charge in [0.25, 0.3) is 0 Å². The van der Waals surface area contributed by atoms with Gasteiger partial charge in [-0.25, -0.2) is 10.4 Å². The molecule has 6 nitrogen and oxygen atoms in total. The van der Waals surface area contributed by atoms with E-state index in [1.165, 1.54) is 0 Å². The molecule has 0 radical (unpaired) electrons. The molecule has 174 valence electrons. The van der Waals surface area contributed by atoms with Gasteiger partial charge in [0, 0.05) is 32.6 Å². The van der Waals surface area contributed by atoms with Crippen LogP contribution in [-0.4, -0.2) is 67.5 Å². The average Bonchev–Trinajstić information content (AvgIpc) is 2.67. The molecule has 2 aliphatic rings. The number of rotatable bonds is 8. The number of hydrazine groups is 1. The van der Waals surface area contributed by atoms with Gasteiger partial charge in [0.15, 0.2) is 0 Å². The Kier molecular flexibility index (Phi) is 8.53. The van der Waals surface area contributed by atoms with Gasteiger partial charge in [-0.1, -0.05) is 33.8 Å². The lowest BCUT2D eigenvalue weighted by Gasteiger charge is -2.58. The van der Waals surface area contributed by atoms with Crippen LogP contribution in [0.2, 0.25) is 0 Å². The van der Waals surface area contributed by atoms with E-state index in [0.29, 0.717) is 32.2 Å². The van der Waals surface area contributed by atoms with Crippen LogP contribution in [0, 0.1) is 17.3 Å². The minimum atomic E-state index is -0.981. The second-order valence-electron chi connectivity index (χ2n) is 10.1. The Morgan fingerprint density at radius 1 is 1.10 bits per heavy atom. The molecule has 0 aromatic heterocycles. The lowest BCUT2D eigenvalue weighted by atomic mass is 9.63. The summed E-state index contributed by atoms with van der Waals surface area (Å²) in [6, 6.07) is 0. The highest BCUT2D eigenvalue weighted by molar-refractivity contribution is 5.81. The van der Waals surface area contributed by atoms with Crippen molar-refractivity contribution in [3.05, 3.63) is 12.2 Å². The monoisotopic (exact) mass is 423 g/mol. The number of ether oxygens (including phenoxy) is 2. The van der Waals surface area contributed by atoms with Crippen LogP contribution in [0.5, 0.6) is 0 Å². The molecule has 3 atom stereocenters. The SMILES string of the molecule is CC/C=C\C1([C@@]2(NN(C)C)C[C@@H](C)CC[C@@H]2C(=O)N(CC)CC)OCC(C)(C)CO1. The van der Waals surface area contributed by atoms with Gasteiger partial charge in [0.1, 0.15) is 5.54 Å². The van der Waals surface area contributed by atoms with Crippen molar-refractivity contribution in [2.45, 2.75) is 78.6 Å². The molecule has 0 aromatic rings. The Bertz CT molecular complexity index is 587. The molecule has 1 heterocycles. The summed E-state index contributed by atoms with van der Waals surface area (Å²) in [4.78, 5) is 15.7. The van der Waals surface area contributed by atoms with Gasteiger partial charge in [-0.05, 0) is 51.5 Å². The Morgan fingerprint density at radius 2 is 1.70 bits per heavy atom. The summed E-state index contributed by atoms with van der Waals surface area (Å²) < 4.78 is 13.3. The summed E-state index contributed by atoms with van der Waals surface area (Å²) in [7, 11) is 3.98. The first kappa shape index (κ1) is 25.3. The third-order valence-electron chi connectivity index (χ3n) is 6.56. The molecular weight excluding hydrogens is 378 g/mol. The van der Waals surface area contributed by atoms with Gasteiger partial charge < -0.3 is 14.4 Å². The molecule has 0 unspecified atom stereocenters. The molecule has 6 heteroatoms. The second kappa shape index (κ2) is 10.1. The highest BCUT2D eigenvalue weighted by Crippen LogP contribution is 2.50. The molecule has 1 saturated carbocycles. The van der Waals surface area contributed by atoms with Gasteiger partial charge >= 0.3 is 0 Å². The molecule has 1 aliphatic carbocycles. The molecule has 0 aromatic carbocycles. The number of nitrogens with zero attached hydrogens (tertiary/aromatic N) is 2. The molecule has 1 aliphatic heterocycles. The Balaban J connectivity index is 2.63. The quantitative estimate of drug-likeness (QED) is 0.475. The van der Waals surface area contributed by atoms with E-state index in [1.807, 2.05) is 24.0 Å². The van der Waals surface area contributed by atoms with Crippen molar-refractivity contribution in [1.29, 1.82) is 0 Å². The molecule has 2 rings (SSSR count). The summed E-state index contributed by atoms with van der Waals surface area (Å²) in [5.74, 6) is -0.543. The topological polar surface area (TPSA) is 54.0 Å². The minimum absolute atomic E-state index is 0.0540. The van der Waals surface area contributed by atoms with Crippen LogP contribution in [-0.2, 0) is 14.3 Å². The van der Waals surface area contributed by atoms with Gasteiger partial charge in [0.2, 0.25) is 11.7 Å². The average molecular weight is 424 g/mol. The van der Waals surface area contributed by atoms with Crippen LogP contribution in [0.3, 0.4) is 0 Å². The number of amides is 1. The first-order chi connectivity index (χ1) is 14.1. The summed E-state index contributed by atoms with van der Waals surface area (Å²) in [6.45, 7) is 15.4. The molecule has 0 bridgehead atoms. The van der Waals surface area contributed by atoms with Crippen LogP contribution < -0.4 is 5.43 Å². The van der Waals surface area contributed by atoms with Crippen LogP contribution in [0.15, 0.2) is 12.2 Å². The number of hydrogen-bond acceptors (Lipinski definition) is 5. The third kappa shape index (κ3) is 5.09. The molecule has 1 N–H and O–H groups in total. The van der Waals surface area contributed by atoms with Crippen molar-refractivity contribution in [2.75, 3.05) is 40.4 Å². The number of allylic oxidation sites excluding steroid dienone is 1. The fraction of sp³-hybridized carbons (Fsp3) is 0.875. The lowest BCUT2D eigenvalue weighted by Crippen LogP contribution is -2.75. The van der Waals surface area contributed by atoms with Crippen molar-refractivity contribution in [1.82, 2.24) is 15.3 Å². The Labute approximate surface area is 184 Å². The minimum Gasteiger partial charge on any atom is -0.344 e. The third-order valence-corrected chi connectivity index (χ3v) is 6.56. The summed E-state index contributed by atoms with van der Waals surface area (Å²) in [5.41, 5.74) is 2.97.